The minimum atomic E-state index is -0.213. The SMILES string of the molecule is CCC(C)N(CC)CC(N)c1ccc(F)cc1. The van der Waals surface area contributed by atoms with Crippen LogP contribution in [0.5, 0.6) is 0 Å². The van der Waals surface area contributed by atoms with Crippen LogP contribution in [0.25, 0.3) is 0 Å². The van der Waals surface area contributed by atoms with Gasteiger partial charge in [-0.1, -0.05) is 26.0 Å². The lowest BCUT2D eigenvalue weighted by Gasteiger charge is -2.29. The van der Waals surface area contributed by atoms with Crippen molar-refractivity contribution in [1.29, 1.82) is 0 Å². The van der Waals surface area contributed by atoms with Crippen molar-refractivity contribution >= 4 is 0 Å². The molecule has 96 valence electrons. The van der Waals surface area contributed by atoms with Crippen LogP contribution in [-0.4, -0.2) is 24.0 Å². The molecule has 0 radical (unpaired) electrons. The summed E-state index contributed by atoms with van der Waals surface area (Å²) in [6.45, 7) is 8.34. The number of likely N-dealkylation sites (N-methyl/N-ethyl adjacent to an activating group) is 1. The fraction of sp³-hybridized carbons (Fsp3) is 0.571. The Morgan fingerprint density at radius 1 is 1.24 bits per heavy atom. The van der Waals surface area contributed by atoms with Gasteiger partial charge in [-0.25, -0.2) is 4.39 Å². The van der Waals surface area contributed by atoms with Crippen LogP contribution in [0.2, 0.25) is 0 Å². The Kier molecular flexibility index (Phi) is 5.59. The summed E-state index contributed by atoms with van der Waals surface area (Å²) in [7, 11) is 0. The molecule has 0 aliphatic carbocycles. The summed E-state index contributed by atoms with van der Waals surface area (Å²) in [5, 5.41) is 0. The van der Waals surface area contributed by atoms with Gasteiger partial charge in [0.05, 0.1) is 0 Å². The van der Waals surface area contributed by atoms with E-state index in [1.165, 1.54) is 12.1 Å². The van der Waals surface area contributed by atoms with Gasteiger partial charge in [0.1, 0.15) is 5.82 Å². The summed E-state index contributed by atoms with van der Waals surface area (Å²) in [6.07, 6.45) is 1.12. The number of halogens is 1. The molecule has 1 aromatic carbocycles. The zero-order valence-electron chi connectivity index (χ0n) is 11.0. The number of benzene rings is 1. The fourth-order valence-corrected chi connectivity index (χ4v) is 1.95. The third kappa shape index (κ3) is 4.10. The lowest BCUT2D eigenvalue weighted by Crippen LogP contribution is -2.38. The van der Waals surface area contributed by atoms with Gasteiger partial charge >= 0.3 is 0 Å². The molecule has 2 nitrogen and oxygen atoms in total. The van der Waals surface area contributed by atoms with Crippen LogP contribution in [-0.2, 0) is 0 Å². The van der Waals surface area contributed by atoms with Crippen molar-refractivity contribution in [3.8, 4) is 0 Å². The highest BCUT2D eigenvalue weighted by Gasteiger charge is 2.15. The van der Waals surface area contributed by atoms with Gasteiger partial charge in [-0.15, -0.1) is 0 Å². The molecule has 2 atom stereocenters. The van der Waals surface area contributed by atoms with Gasteiger partial charge < -0.3 is 5.73 Å². The smallest absolute Gasteiger partial charge is 0.123 e. The molecule has 1 rings (SSSR count). The van der Waals surface area contributed by atoms with E-state index in [4.69, 9.17) is 5.73 Å². The van der Waals surface area contributed by atoms with Crippen molar-refractivity contribution in [2.45, 2.75) is 39.3 Å². The number of nitrogens with zero attached hydrogens (tertiary/aromatic N) is 1. The normalized spacial score (nSPS) is 14.9. The molecule has 2 N–H and O–H groups in total. The second kappa shape index (κ2) is 6.72. The van der Waals surface area contributed by atoms with Gasteiger partial charge in [-0.2, -0.15) is 0 Å². The molecule has 0 bridgehead atoms. The van der Waals surface area contributed by atoms with E-state index < -0.39 is 0 Å². The minimum absolute atomic E-state index is 0.0513. The molecule has 0 amide bonds. The highest BCUT2D eigenvalue weighted by molar-refractivity contribution is 5.19. The van der Waals surface area contributed by atoms with Gasteiger partial charge in [0.2, 0.25) is 0 Å². The average molecular weight is 238 g/mol. The Labute approximate surface area is 104 Å². The molecule has 17 heavy (non-hydrogen) atoms. The third-order valence-corrected chi connectivity index (χ3v) is 3.35. The summed E-state index contributed by atoms with van der Waals surface area (Å²) >= 11 is 0. The Bertz CT molecular complexity index is 323. The van der Waals surface area contributed by atoms with Gasteiger partial charge in [-0.3, -0.25) is 4.90 Å². The summed E-state index contributed by atoms with van der Waals surface area (Å²) < 4.78 is 12.8. The maximum Gasteiger partial charge on any atom is 0.123 e. The van der Waals surface area contributed by atoms with E-state index in [-0.39, 0.29) is 11.9 Å². The largest absolute Gasteiger partial charge is 0.323 e. The highest BCUT2D eigenvalue weighted by Crippen LogP contribution is 2.14. The molecule has 0 aromatic heterocycles. The van der Waals surface area contributed by atoms with Crippen LogP contribution in [0.1, 0.15) is 38.8 Å². The van der Waals surface area contributed by atoms with Gasteiger partial charge in [-0.05, 0) is 37.6 Å². The number of hydrogen-bond acceptors (Lipinski definition) is 2. The standard InChI is InChI=1S/C14H23FN2/c1-4-11(3)17(5-2)10-14(16)12-6-8-13(15)9-7-12/h6-9,11,14H,4-5,10,16H2,1-3H3. The summed E-state index contributed by atoms with van der Waals surface area (Å²) in [5.41, 5.74) is 7.14. The van der Waals surface area contributed by atoms with Crippen molar-refractivity contribution in [2.75, 3.05) is 13.1 Å². The van der Waals surface area contributed by atoms with Crippen molar-refractivity contribution < 1.29 is 4.39 Å². The maximum absolute atomic E-state index is 12.8. The number of nitrogens with two attached hydrogens (primary N) is 1. The summed E-state index contributed by atoms with van der Waals surface area (Å²) in [5.74, 6) is -0.213. The van der Waals surface area contributed by atoms with Crippen LogP contribution in [0.15, 0.2) is 24.3 Å². The molecule has 3 heteroatoms. The van der Waals surface area contributed by atoms with E-state index in [2.05, 4.69) is 25.7 Å². The zero-order chi connectivity index (χ0) is 12.8. The monoisotopic (exact) mass is 238 g/mol. The molecule has 0 heterocycles. The fourth-order valence-electron chi connectivity index (χ4n) is 1.95. The lowest BCUT2D eigenvalue weighted by atomic mass is 10.1. The van der Waals surface area contributed by atoms with Gasteiger partial charge in [0.15, 0.2) is 0 Å². The second-order valence-corrected chi connectivity index (χ2v) is 4.50. The molecule has 2 unspecified atom stereocenters. The van der Waals surface area contributed by atoms with E-state index >= 15 is 0 Å². The predicted molar refractivity (Wildman–Crippen MR) is 70.3 cm³/mol. The van der Waals surface area contributed by atoms with Gasteiger partial charge in [0, 0.05) is 18.6 Å². The van der Waals surface area contributed by atoms with Crippen LogP contribution in [0, 0.1) is 5.82 Å². The third-order valence-electron chi connectivity index (χ3n) is 3.35. The van der Waals surface area contributed by atoms with Crippen LogP contribution in [0.3, 0.4) is 0 Å². The molecular formula is C14H23FN2. The lowest BCUT2D eigenvalue weighted by molar-refractivity contribution is 0.202. The van der Waals surface area contributed by atoms with E-state index in [0.717, 1.165) is 25.1 Å². The number of hydrogen-bond donors (Lipinski definition) is 1. The number of rotatable bonds is 6. The average Bonchev–Trinajstić information content (AvgIpc) is 2.35. The van der Waals surface area contributed by atoms with E-state index in [0.29, 0.717) is 6.04 Å². The van der Waals surface area contributed by atoms with E-state index in [1.807, 2.05) is 0 Å². The molecule has 0 aliphatic rings. The van der Waals surface area contributed by atoms with Gasteiger partial charge in [0.25, 0.3) is 0 Å². The first-order chi connectivity index (χ1) is 8.08. The Morgan fingerprint density at radius 3 is 2.29 bits per heavy atom. The molecule has 0 spiro atoms. The van der Waals surface area contributed by atoms with Crippen molar-refractivity contribution in [1.82, 2.24) is 4.90 Å². The van der Waals surface area contributed by atoms with Crippen molar-refractivity contribution in [3.05, 3.63) is 35.6 Å². The summed E-state index contributed by atoms with van der Waals surface area (Å²) in [4.78, 5) is 2.36. The van der Waals surface area contributed by atoms with E-state index in [9.17, 15) is 4.39 Å². The summed E-state index contributed by atoms with van der Waals surface area (Å²) in [6, 6.07) is 6.95. The maximum atomic E-state index is 12.8. The molecule has 1 aromatic rings. The highest BCUT2D eigenvalue weighted by atomic mass is 19.1. The topological polar surface area (TPSA) is 29.3 Å². The van der Waals surface area contributed by atoms with E-state index in [1.54, 1.807) is 12.1 Å². The first kappa shape index (κ1) is 14.1. The molecule has 0 aliphatic heterocycles. The first-order valence-corrected chi connectivity index (χ1v) is 6.33. The molecular weight excluding hydrogens is 215 g/mol. The minimum Gasteiger partial charge on any atom is -0.323 e. The predicted octanol–water partition coefficient (Wildman–Crippen LogP) is 2.95. The molecule has 0 saturated heterocycles. The van der Waals surface area contributed by atoms with Crippen molar-refractivity contribution in [2.24, 2.45) is 5.73 Å². The van der Waals surface area contributed by atoms with Crippen LogP contribution >= 0.6 is 0 Å². The first-order valence-electron chi connectivity index (χ1n) is 6.33. The zero-order valence-corrected chi connectivity index (χ0v) is 11.0. The van der Waals surface area contributed by atoms with Crippen molar-refractivity contribution in [3.63, 3.8) is 0 Å². The molecule has 0 saturated carbocycles. The quantitative estimate of drug-likeness (QED) is 0.825. The Hall–Kier alpha value is -0.930. The Morgan fingerprint density at radius 2 is 1.82 bits per heavy atom. The second-order valence-electron chi connectivity index (χ2n) is 4.50. The van der Waals surface area contributed by atoms with Crippen LogP contribution in [0.4, 0.5) is 4.39 Å². The van der Waals surface area contributed by atoms with Crippen LogP contribution < -0.4 is 5.73 Å². The molecule has 0 fully saturated rings. The Balaban J connectivity index is 2.64.